The van der Waals surface area contributed by atoms with Gasteiger partial charge in [0.05, 0.1) is 0 Å². The van der Waals surface area contributed by atoms with E-state index in [1.54, 1.807) is 0 Å². The van der Waals surface area contributed by atoms with Gasteiger partial charge >= 0.3 is 11.9 Å². The van der Waals surface area contributed by atoms with Crippen molar-refractivity contribution in [3.8, 4) is 0 Å². The van der Waals surface area contributed by atoms with Crippen LogP contribution < -0.4 is 5.32 Å². The Kier molecular flexibility index (Phi) is 28.3. The summed E-state index contributed by atoms with van der Waals surface area (Å²) in [5.74, 6) is -1.33. The number of ether oxygens (including phenoxy) is 1. The molecule has 232 valence electrons. The molecule has 0 aromatic rings. The van der Waals surface area contributed by atoms with Crippen LogP contribution in [0, 0.1) is 0 Å². The van der Waals surface area contributed by atoms with E-state index in [2.05, 4.69) is 43.5 Å². The number of hydrogen-bond donors (Lipinski definition) is 2. The van der Waals surface area contributed by atoms with Crippen LogP contribution >= 0.6 is 0 Å². The van der Waals surface area contributed by atoms with Gasteiger partial charge in [-0.05, 0) is 70.6 Å². The van der Waals surface area contributed by atoms with Gasteiger partial charge in [-0.2, -0.15) is 0 Å². The number of aliphatic carboxylic acids is 1. The molecule has 0 aromatic carbocycles. The summed E-state index contributed by atoms with van der Waals surface area (Å²) in [7, 11) is 0. The van der Waals surface area contributed by atoms with Crippen molar-refractivity contribution in [3.05, 3.63) is 24.3 Å². The lowest BCUT2D eigenvalue weighted by Gasteiger charge is -2.18. The van der Waals surface area contributed by atoms with Crippen LogP contribution in [-0.2, 0) is 19.1 Å². The summed E-state index contributed by atoms with van der Waals surface area (Å²) in [5.41, 5.74) is 0. The van der Waals surface area contributed by atoms with Gasteiger partial charge in [0.15, 0.2) is 0 Å². The second-order valence-electron chi connectivity index (χ2n) is 11.1. The lowest BCUT2D eigenvalue weighted by molar-refractivity contribution is -0.150. The molecule has 0 aliphatic rings. The van der Waals surface area contributed by atoms with Crippen LogP contribution in [0.2, 0.25) is 0 Å². The second-order valence-corrected chi connectivity index (χ2v) is 11.1. The largest absolute Gasteiger partial charge is 0.480 e. The quantitative estimate of drug-likeness (QED) is 0.0537. The summed E-state index contributed by atoms with van der Waals surface area (Å²) in [6.07, 6.45) is 33.1. The van der Waals surface area contributed by atoms with Crippen molar-refractivity contribution in [1.29, 1.82) is 0 Å². The number of hydrogen-bond acceptors (Lipinski definition) is 4. The van der Waals surface area contributed by atoms with Gasteiger partial charge in [0.1, 0.15) is 12.6 Å². The van der Waals surface area contributed by atoms with Crippen LogP contribution in [0.25, 0.3) is 0 Å². The molecule has 0 aliphatic carbocycles. The predicted molar refractivity (Wildman–Crippen MR) is 166 cm³/mol. The Hall–Kier alpha value is -2.11. The summed E-state index contributed by atoms with van der Waals surface area (Å²) in [6.45, 7) is 4.11. The molecule has 6 nitrogen and oxygen atoms in total. The van der Waals surface area contributed by atoms with Gasteiger partial charge < -0.3 is 15.2 Å². The van der Waals surface area contributed by atoms with Crippen molar-refractivity contribution in [1.82, 2.24) is 5.32 Å². The molecule has 1 atom stereocenters. The first-order valence-corrected chi connectivity index (χ1v) is 16.5. The van der Waals surface area contributed by atoms with Gasteiger partial charge in [0, 0.05) is 12.8 Å². The van der Waals surface area contributed by atoms with Crippen LogP contribution in [0.3, 0.4) is 0 Å². The minimum absolute atomic E-state index is 0.0344. The van der Waals surface area contributed by atoms with Gasteiger partial charge in [-0.3, -0.25) is 14.4 Å². The van der Waals surface area contributed by atoms with E-state index in [4.69, 9.17) is 9.84 Å². The number of carboxylic acids is 1. The third-order valence-electron chi connectivity index (χ3n) is 7.13. The minimum atomic E-state index is -1.03. The van der Waals surface area contributed by atoms with Crippen LogP contribution in [-0.4, -0.2) is 35.6 Å². The third kappa shape index (κ3) is 28.9. The fourth-order valence-electron chi connectivity index (χ4n) is 4.66. The number of unbranched alkanes of at least 4 members (excludes halogenated alkanes) is 14. The van der Waals surface area contributed by atoms with Gasteiger partial charge in [-0.25, -0.2) is 0 Å². The summed E-state index contributed by atoms with van der Waals surface area (Å²) in [4.78, 5) is 34.6. The lowest BCUT2D eigenvalue weighted by atomic mass is 10.0. The normalized spacial score (nSPS) is 12.2. The van der Waals surface area contributed by atoms with E-state index in [0.29, 0.717) is 19.3 Å². The zero-order valence-electron chi connectivity index (χ0n) is 25.9. The van der Waals surface area contributed by atoms with E-state index in [-0.39, 0.29) is 24.5 Å². The number of allylic oxidation sites excluding steroid dienone is 4. The summed E-state index contributed by atoms with van der Waals surface area (Å²) in [6, 6.07) is 0. The molecule has 0 heterocycles. The minimum Gasteiger partial charge on any atom is -0.480 e. The van der Waals surface area contributed by atoms with Crippen LogP contribution in [0.1, 0.15) is 162 Å². The van der Waals surface area contributed by atoms with E-state index in [1.807, 2.05) is 0 Å². The highest BCUT2D eigenvalue weighted by atomic mass is 16.5. The summed E-state index contributed by atoms with van der Waals surface area (Å²) >= 11 is 0. The Bertz CT molecular complexity index is 673. The SMILES string of the molecule is CCCCCC/C=C\C/C=C\CCCCCCCC(=O)OC(CCCCCC)CCCCCC(=O)NCC(=O)O. The molecule has 6 heteroatoms. The van der Waals surface area contributed by atoms with E-state index in [0.717, 1.165) is 57.8 Å². The molecule has 0 fully saturated rings. The maximum absolute atomic E-state index is 12.5. The van der Waals surface area contributed by atoms with E-state index >= 15 is 0 Å². The highest BCUT2D eigenvalue weighted by molar-refractivity contribution is 5.80. The molecule has 0 spiro atoms. The first kappa shape index (κ1) is 37.9. The number of carbonyl (C=O) groups excluding carboxylic acids is 2. The van der Waals surface area contributed by atoms with Gasteiger partial charge in [0.25, 0.3) is 0 Å². The molecule has 40 heavy (non-hydrogen) atoms. The van der Waals surface area contributed by atoms with Crippen molar-refractivity contribution in [2.75, 3.05) is 6.54 Å². The van der Waals surface area contributed by atoms with Crippen molar-refractivity contribution in [3.63, 3.8) is 0 Å². The molecule has 0 saturated carbocycles. The highest BCUT2D eigenvalue weighted by Crippen LogP contribution is 2.17. The Labute approximate surface area is 245 Å². The van der Waals surface area contributed by atoms with Crippen LogP contribution in [0.4, 0.5) is 0 Å². The van der Waals surface area contributed by atoms with E-state index in [9.17, 15) is 14.4 Å². The standard InChI is InChI=1S/C34H61NO5/c1-3-5-7-9-10-11-12-13-14-15-16-17-18-19-20-25-29-34(39)40-31(26-22-8-6-4-2)27-23-21-24-28-32(36)35-30-33(37)38/h11-12,14-15,31H,3-10,13,16-30H2,1-2H3,(H,35,36)(H,37,38)/b12-11-,15-14-. The molecule has 1 amide bonds. The number of esters is 1. The fourth-order valence-corrected chi connectivity index (χ4v) is 4.66. The molecule has 1 unspecified atom stereocenters. The Morgan fingerprint density at radius 2 is 1.15 bits per heavy atom. The maximum atomic E-state index is 12.5. The monoisotopic (exact) mass is 563 g/mol. The average molecular weight is 564 g/mol. The molecule has 0 saturated heterocycles. The fraction of sp³-hybridized carbons (Fsp3) is 0.794. The van der Waals surface area contributed by atoms with Crippen molar-refractivity contribution in [2.24, 2.45) is 0 Å². The van der Waals surface area contributed by atoms with E-state index in [1.165, 1.54) is 70.6 Å². The van der Waals surface area contributed by atoms with Crippen molar-refractivity contribution < 1.29 is 24.2 Å². The molecule has 0 radical (unpaired) electrons. The Morgan fingerprint density at radius 1 is 0.650 bits per heavy atom. The number of nitrogens with one attached hydrogen (secondary N) is 1. The molecule has 0 aliphatic heterocycles. The molecule has 0 bridgehead atoms. The smallest absolute Gasteiger partial charge is 0.322 e. The average Bonchev–Trinajstić information content (AvgIpc) is 2.93. The van der Waals surface area contributed by atoms with E-state index < -0.39 is 5.97 Å². The molecular formula is C34H61NO5. The van der Waals surface area contributed by atoms with Gasteiger partial charge in [-0.1, -0.05) is 102 Å². The van der Waals surface area contributed by atoms with Crippen molar-refractivity contribution >= 4 is 17.8 Å². The first-order valence-electron chi connectivity index (χ1n) is 16.5. The Morgan fingerprint density at radius 3 is 1.75 bits per heavy atom. The van der Waals surface area contributed by atoms with Crippen LogP contribution in [0.5, 0.6) is 0 Å². The Balaban J connectivity index is 3.94. The summed E-state index contributed by atoms with van der Waals surface area (Å²) < 4.78 is 5.85. The zero-order valence-corrected chi connectivity index (χ0v) is 25.9. The first-order chi connectivity index (χ1) is 19.5. The van der Waals surface area contributed by atoms with Crippen LogP contribution in [0.15, 0.2) is 24.3 Å². The number of carboxylic acid groups (broad SMARTS) is 1. The number of amides is 1. The summed E-state index contributed by atoms with van der Waals surface area (Å²) in [5, 5.41) is 11.0. The highest BCUT2D eigenvalue weighted by Gasteiger charge is 2.14. The zero-order chi connectivity index (χ0) is 29.5. The molecule has 2 N–H and O–H groups in total. The second kappa shape index (κ2) is 29.9. The lowest BCUT2D eigenvalue weighted by Crippen LogP contribution is -2.28. The van der Waals surface area contributed by atoms with Gasteiger partial charge in [0.2, 0.25) is 5.91 Å². The van der Waals surface area contributed by atoms with Crippen molar-refractivity contribution in [2.45, 2.75) is 168 Å². The topological polar surface area (TPSA) is 92.7 Å². The van der Waals surface area contributed by atoms with Gasteiger partial charge in [-0.15, -0.1) is 0 Å². The maximum Gasteiger partial charge on any atom is 0.322 e. The number of rotatable bonds is 29. The predicted octanol–water partition coefficient (Wildman–Crippen LogP) is 9.22. The molecule has 0 aromatic heterocycles. The third-order valence-corrected chi connectivity index (χ3v) is 7.13. The molecule has 0 rings (SSSR count). The molecular weight excluding hydrogens is 502 g/mol. The number of carbonyl (C=O) groups is 3.